The molecule has 2 amide bonds. The zero-order valence-electron chi connectivity index (χ0n) is 13.1. The molecular weight excluding hydrogens is 290 g/mol. The number of nitrogens with zero attached hydrogens (tertiary/aromatic N) is 3. The molecule has 1 saturated heterocycles. The van der Waals surface area contributed by atoms with Crippen molar-refractivity contribution in [3.8, 4) is 0 Å². The second-order valence-electron chi connectivity index (χ2n) is 5.71. The maximum atomic E-state index is 12.9. The topological polar surface area (TPSA) is 53.5 Å². The molecule has 1 aliphatic heterocycles. The van der Waals surface area contributed by atoms with Crippen LogP contribution < -0.4 is 0 Å². The third-order valence-electron chi connectivity index (χ3n) is 4.16. The summed E-state index contributed by atoms with van der Waals surface area (Å²) in [5, 5.41) is 0. The first-order valence-corrected chi connectivity index (χ1v) is 7.67. The minimum absolute atomic E-state index is 0.0445. The SMILES string of the molecule is Cc1ccc(C(=O)N2CCN(C=O)CC2c2ccccc2)cn1. The van der Waals surface area contributed by atoms with Crippen LogP contribution in [0.1, 0.15) is 27.7 Å². The molecule has 1 fully saturated rings. The Balaban J connectivity index is 1.90. The van der Waals surface area contributed by atoms with Crippen molar-refractivity contribution in [2.24, 2.45) is 0 Å². The van der Waals surface area contributed by atoms with Gasteiger partial charge in [-0.1, -0.05) is 30.3 Å². The normalized spacial score (nSPS) is 17.9. The van der Waals surface area contributed by atoms with Gasteiger partial charge in [-0.15, -0.1) is 0 Å². The van der Waals surface area contributed by atoms with Gasteiger partial charge in [0.15, 0.2) is 0 Å². The molecule has 2 aromatic rings. The average Bonchev–Trinajstić information content (AvgIpc) is 2.62. The number of benzene rings is 1. The van der Waals surface area contributed by atoms with E-state index in [9.17, 15) is 9.59 Å². The van der Waals surface area contributed by atoms with Gasteiger partial charge in [0.05, 0.1) is 11.6 Å². The predicted molar refractivity (Wildman–Crippen MR) is 86.8 cm³/mol. The van der Waals surface area contributed by atoms with Gasteiger partial charge in [-0.25, -0.2) is 0 Å². The van der Waals surface area contributed by atoms with Crippen molar-refractivity contribution in [2.45, 2.75) is 13.0 Å². The first-order valence-electron chi connectivity index (χ1n) is 7.67. The molecule has 23 heavy (non-hydrogen) atoms. The fourth-order valence-electron chi connectivity index (χ4n) is 2.86. The largest absolute Gasteiger partial charge is 0.341 e. The second kappa shape index (κ2) is 6.60. The van der Waals surface area contributed by atoms with E-state index in [-0.39, 0.29) is 11.9 Å². The summed E-state index contributed by atoms with van der Waals surface area (Å²) in [6, 6.07) is 13.3. The van der Waals surface area contributed by atoms with Crippen molar-refractivity contribution >= 4 is 12.3 Å². The van der Waals surface area contributed by atoms with Gasteiger partial charge in [-0.3, -0.25) is 14.6 Å². The quantitative estimate of drug-likeness (QED) is 0.815. The lowest BCUT2D eigenvalue weighted by Crippen LogP contribution is -2.50. The molecule has 1 aliphatic rings. The predicted octanol–water partition coefficient (Wildman–Crippen LogP) is 2.05. The van der Waals surface area contributed by atoms with Crippen LogP contribution in [0.15, 0.2) is 48.7 Å². The molecule has 0 spiro atoms. The Morgan fingerprint density at radius 3 is 2.61 bits per heavy atom. The Morgan fingerprint density at radius 1 is 1.17 bits per heavy atom. The van der Waals surface area contributed by atoms with Crippen molar-refractivity contribution in [3.05, 3.63) is 65.5 Å². The molecule has 0 saturated carbocycles. The number of pyridine rings is 1. The number of rotatable bonds is 3. The molecule has 1 unspecified atom stereocenters. The molecule has 0 N–H and O–H groups in total. The van der Waals surface area contributed by atoms with Crippen LogP contribution in [-0.2, 0) is 4.79 Å². The van der Waals surface area contributed by atoms with Crippen molar-refractivity contribution in [1.82, 2.24) is 14.8 Å². The highest BCUT2D eigenvalue weighted by Gasteiger charge is 2.31. The minimum Gasteiger partial charge on any atom is -0.341 e. The number of aromatic nitrogens is 1. The molecule has 1 aromatic heterocycles. The van der Waals surface area contributed by atoms with Crippen LogP contribution >= 0.6 is 0 Å². The van der Waals surface area contributed by atoms with E-state index in [1.165, 1.54) is 0 Å². The standard InChI is InChI=1S/C18H19N3O2/c1-14-7-8-16(11-19-14)18(23)21-10-9-20(13-22)12-17(21)15-5-3-2-4-6-15/h2-8,11,13,17H,9-10,12H2,1H3. The summed E-state index contributed by atoms with van der Waals surface area (Å²) in [7, 11) is 0. The highest BCUT2D eigenvalue weighted by molar-refractivity contribution is 5.94. The minimum atomic E-state index is -0.135. The first-order chi connectivity index (χ1) is 11.2. The number of aryl methyl sites for hydroxylation is 1. The third-order valence-corrected chi connectivity index (χ3v) is 4.16. The number of hydrogen-bond acceptors (Lipinski definition) is 3. The average molecular weight is 309 g/mol. The van der Waals surface area contributed by atoms with Crippen LogP contribution in [0.4, 0.5) is 0 Å². The van der Waals surface area contributed by atoms with Gasteiger partial charge in [0, 0.05) is 31.5 Å². The van der Waals surface area contributed by atoms with Gasteiger partial charge >= 0.3 is 0 Å². The Morgan fingerprint density at radius 2 is 1.96 bits per heavy atom. The molecule has 5 heteroatoms. The van der Waals surface area contributed by atoms with Gasteiger partial charge in [0.1, 0.15) is 0 Å². The van der Waals surface area contributed by atoms with Crippen LogP contribution in [0.2, 0.25) is 0 Å². The molecular formula is C18H19N3O2. The van der Waals surface area contributed by atoms with Gasteiger partial charge in [-0.05, 0) is 24.6 Å². The van der Waals surface area contributed by atoms with E-state index >= 15 is 0 Å². The fraction of sp³-hybridized carbons (Fsp3) is 0.278. The molecule has 0 bridgehead atoms. The molecule has 2 heterocycles. The highest BCUT2D eigenvalue weighted by atomic mass is 16.2. The maximum absolute atomic E-state index is 12.9. The molecule has 1 atom stereocenters. The van der Waals surface area contributed by atoms with Crippen molar-refractivity contribution in [3.63, 3.8) is 0 Å². The van der Waals surface area contributed by atoms with E-state index in [1.54, 1.807) is 17.2 Å². The summed E-state index contributed by atoms with van der Waals surface area (Å²) in [6.07, 6.45) is 2.47. The molecule has 1 aromatic carbocycles. The summed E-state index contributed by atoms with van der Waals surface area (Å²) in [5.41, 5.74) is 2.50. The first kappa shape index (κ1) is 15.2. The van der Waals surface area contributed by atoms with E-state index < -0.39 is 0 Å². The van der Waals surface area contributed by atoms with Crippen molar-refractivity contribution in [2.75, 3.05) is 19.6 Å². The number of piperazine rings is 1. The number of hydrogen-bond donors (Lipinski definition) is 0. The Labute approximate surface area is 135 Å². The van der Waals surface area contributed by atoms with Crippen molar-refractivity contribution in [1.29, 1.82) is 0 Å². The lowest BCUT2D eigenvalue weighted by molar-refractivity contribution is -0.120. The van der Waals surface area contributed by atoms with Crippen molar-refractivity contribution < 1.29 is 9.59 Å². The summed E-state index contributed by atoms with van der Waals surface area (Å²) < 4.78 is 0. The summed E-state index contributed by atoms with van der Waals surface area (Å²) in [5.74, 6) is -0.0445. The maximum Gasteiger partial charge on any atom is 0.256 e. The summed E-state index contributed by atoms with van der Waals surface area (Å²) in [6.45, 7) is 3.48. The molecule has 3 rings (SSSR count). The summed E-state index contributed by atoms with van der Waals surface area (Å²) >= 11 is 0. The molecule has 0 aliphatic carbocycles. The zero-order valence-corrected chi connectivity index (χ0v) is 13.1. The zero-order chi connectivity index (χ0) is 16.2. The second-order valence-corrected chi connectivity index (χ2v) is 5.71. The van der Waals surface area contributed by atoms with Crippen LogP contribution in [0.25, 0.3) is 0 Å². The van der Waals surface area contributed by atoms with E-state index in [2.05, 4.69) is 4.98 Å². The van der Waals surface area contributed by atoms with Crippen LogP contribution in [0.3, 0.4) is 0 Å². The monoisotopic (exact) mass is 309 g/mol. The number of carbonyl (C=O) groups is 2. The Bertz CT molecular complexity index is 685. The van der Waals surface area contributed by atoms with Gasteiger partial charge in [0.25, 0.3) is 5.91 Å². The van der Waals surface area contributed by atoms with E-state index in [0.717, 1.165) is 17.7 Å². The van der Waals surface area contributed by atoms with Gasteiger partial charge in [-0.2, -0.15) is 0 Å². The van der Waals surface area contributed by atoms with Crippen LogP contribution in [0, 0.1) is 6.92 Å². The highest BCUT2D eigenvalue weighted by Crippen LogP contribution is 2.26. The lowest BCUT2D eigenvalue weighted by atomic mass is 10.0. The van der Waals surface area contributed by atoms with E-state index in [1.807, 2.05) is 48.2 Å². The Hall–Kier alpha value is -2.69. The lowest BCUT2D eigenvalue weighted by Gasteiger charge is -2.40. The smallest absolute Gasteiger partial charge is 0.256 e. The Kier molecular flexibility index (Phi) is 4.37. The van der Waals surface area contributed by atoms with Gasteiger partial charge < -0.3 is 9.80 Å². The van der Waals surface area contributed by atoms with E-state index in [4.69, 9.17) is 0 Å². The number of carbonyl (C=O) groups excluding carboxylic acids is 2. The fourth-order valence-corrected chi connectivity index (χ4v) is 2.86. The molecule has 0 radical (unpaired) electrons. The van der Waals surface area contributed by atoms with E-state index in [0.29, 0.717) is 25.2 Å². The van der Waals surface area contributed by atoms with Crippen LogP contribution in [0.5, 0.6) is 0 Å². The molecule has 118 valence electrons. The summed E-state index contributed by atoms with van der Waals surface area (Å²) in [4.78, 5) is 31.8. The van der Waals surface area contributed by atoms with Gasteiger partial charge in [0.2, 0.25) is 6.41 Å². The molecule has 5 nitrogen and oxygen atoms in total. The third kappa shape index (κ3) is 3.23. The number of amides is 2. The van der Waals surface area contributed by atoms with Crippen LogP contribution in [-0.4, -0.2) is 46.7 Å².